The number of nitrogens with one attached hydrogen (secondary N) is 1. The molecule has 2 aromatic carbocycles. The Morgan fingerprint density at radius 2 is 1.88 bits per heavy atom. The van der Waals surface area contributed by atoms with Gasteiger partial charge in [-0.3, -0.25) is 4.79 Å². The van der Waals surface area contributed by atoms with Gasteiger partial charge in [0.25, 0.3) is 5.91 Å². The number of carbonyl (C=O) groups is 2. The number of carbonyl (C=O) groups excluding carboxylic acids is 2. The first-order valence-electron chi connectivity index (χ1n) is 7.46. The van der Waals surface area contributed by atoms with Crippen molar-refractivity contribution in [3.8, 4) is 5.75 Å². The van der Waals surface area contributed by atoms with Crippen molar-refractivity contribution in [2.24, 2.45) is 0 Å². The number of hydrogen-bond acceptors (Lipinski definition) is 4. The predicted molar refractivity (Wildman–Crippen MR) is 96.3 cm³/mol. The molecule has 0 aliphatic carbocycles. The second kappa shape index (κ2) is 8.74. The van der Waals surface area contributed by atoms with Crippen molar-refractivity contribution in [3.63, 3.8) is 0 Å². The van der Waals surface area contributed by atoms with Crippen molar-refractivity contribution in [3.05, 3.63) is 63.6 Å². The van der Waals surface area contributed by atoms with Gasteiger partial charge in [-0.2, -0.15) is 0 Å². The molecule has 2 rings (SSSR count). The van der Waals surface area contributed by atoms with Crippen LogP contribution in [0.5, 0.6) is 5.75 Å². The molecule has 0 radical (unpaired) electrons. The number of amides is 1. The summed E-state index contributed by atoms with van der Waals surface area (Å²) >= 11 is 11.8. The Morgan fingerprint density at radius 3 is 2.56 bits per heavy atom. The Hall–Kier alpha value is -2.24. The van der Waals surface area contributed by atoms with Gasteiger partial charge in [0, 0.05) is 0 Å². The van der Waals surface area contributed by atoms with Gasteiger partial charge in [0.1, 0.15) is 5.75 Å². The Labute approximate surface area is 155 Å². The van der Waals surface area contributed by atoms with E-state index in [2.05, 4.69) is 5.32 Å². The van der Waals surface area contributed by atoms with Crippen molar-refractivity contribution in [1.82, 2.24) is 5.32 Å². The molecule has 2 aromatic rings. The van der Waals surface area contributed by atoms with E-state index in [1.54, 1.807) is 49.4 Å². The summed E-state index contributed by atoms with van der Waals surface area (Å²) in [5, 5.41) is 3.58. The molecule has 0 aliphatic heterocycles. The van der Waals surface area contributed by atoms with Gasteiger partial charge in [-0.1, -0.05) is 35.3 Å². The average Bonchev–Trinajstić information content (AvgIpc) is 2.61. The third kappa shape index (κ3) is 5.37. The van der Waals surface area contributed by atoms with Crippen molar-refractivity contribution in [2.75, 3.05) is 13.7 Å². The van der Waals surface area contributed by atoms with E-state index in [0.29, 0.717) is 21.4 Å². The van der Waals surface area contributed by atoms with E-state index in [1.807, 2.05) is 0 Å². The zero-order valence-electron chi connectivity index (χ0n) is 13.7. The van der Waals surface area contributed by atoms with Crippen molar-refractivity contribution < 1.29 is 19.1 Å². The summed E-state index contributed by atoms with van der Waals surface area (Å²) in [7, 11) is 1.50. The van der Waals surface area contributed by atoms with Crippen LogP contribution in [0.25, 0.3) is 0 Å². The molecule has 7 heteroatoms. The molecule has 0 bridgehead atoms. The van der Waals surface area contributed by atoms with Crippen LogP contribution in [0.15, 0.2) is 42.5 Å². The van der Waals surface area contributed by atoms with Crippen LogP contribution >= 0.6 is 23.2 Å². The molecule has 0 unspecified atom stereocenters. The lowest BCUT2D eigenvalue weighted by molar-refractivity contribution is -0.124. The molecule has 0 heterocycles. The number of hydrogen-bond donors (Lipinski definition) is 1. The second-order valence-electron chi connectivity index (χ2n) is 5.27. The van der Waals surface area contributed by atoms with Gasteiger partial charge in [-0.25, -0.2) is 4.79 Å². The monoisotopic (exact) mass is 381 g/mol. The number of benzene rings is 2. The normalized spacial score (nSPS) is 11.5. The van der Waals surface area contributed by atoms with Crippen LogP contribution in [0, 0.1) is 0 Å². The summed E-state index contributed by atoms with van der Waals surface area (Å²) in [5.41, 5.74) is 1.10. The molecule has 0 spiro atoms. The molecule has 0 aromatic heterocycles. The summed E-state index contributed by atoms with van der Waals surface area (Å²) in [6, 6.07) is 11.3. The zero-order chi connectivity index (χ0) is 18.4. The Balaban J connectivity index is 1.89. The lowest BCUT2D eigenvalue weighted by Crippen LogP contribution is -2.31. The van der Waals surface area contributed by atoms with Crippen molar-refractivity contribution in [2.45, 2.75) is 13.0 Å². The average molecular weight is 382 g/mol. The van der Waals surface area contributed by atoms with Crippen LogP contribution in [-0.2, 0) is 9.53 Å². The fourth-order valence-electron chi connectivity index (χ4n) is 2.11. The van der Waals surface area contributed by atoms with Gasteiger partial charge in [0.15, 0.2) is 6.61 Å². The first kappa shape index (κ1) is 19.1. The zero-order valence-corrected chi connectivity index (χ0v) is 15.2. The van der Waals surface area contributed by atoms with E-state index in [4.69, 9.17) is 32.7 Å². The number of methoxy groups -OCH3 is 1. The van der Waals surface area contributed by atoms with Gasteiger partial charge in [0.2, 0.25) is 0 Å². The van der Waals surface area contributed by atoms with Crippen molar-refractivity contribution in [1.29, 1.82) is 0 Å². The Bertz CT molecular complexity index is 779. The molecule has 0 saturated heterocycles. The quantitative estimate of drug-likeness (QED) is 0.766. The number of rotatable bonds is 6. The summed E-state index contributed by atoms with van der Waals surface area (Å²) in [4.78, 5) is 23.9. The highest BCUT2D eigenvalue weighted by Gasteiger charge is 2.14. The lowest BCUT2D eigenvalue weighted by Gasteiger charge is -2.15. The van der Waals surface area contributed by atoms with E-state index < -0.39 is 11.9 Å². The minimum Gasteiger partial charge on any atom is -0.497 e. The van der Waals surface area contributed by atoms with Crippen LogP contribution in [0.3, 0.4) is 0 Å². The molecular formula is C18H17Cl2NO4. The van der Waals surface area contributed by atoms with Gasteiger partial charge >= 0.3 is 5.97 Å². The van der Waals surface area contributed by atoms with Crippen LogP contribution in [0.1, 0.15) is 28.9 Å². The third-order valence-electron chi connectivity index (χ3n) is 3.46. The van der Waals surface area contributed by atoms with E-state index in [1.165, 1.54) is 7.11 Å². The molecule has 1 N–H and O–H groups in total. The van der Waals surface area contributed by atoms with E-state index >= 15 is 0 Å². The molecule has 132 valence electrons. The maximum atomic E-state index is 12.0. The highest BCUT2D eigenvalue weighted by Crippen LogP contribution is 2.25. The van der Waals surface area contributed by atoms with Gasteiger partial charge in [-0.05, 0) is 42.8 Å². The summed E-state index contributed by atoms with van der Waals surface area (Å²) in [5.74, 6) is -0.488. The van der Waals surface area contributed by atoms with E-state index in [9.17, 15) is 9.59 Å². The molecular weight excluding hydrogens is 365 g/mol. The highest BCUT2D eigenvalue weighted by molar-refractivity contribution is 6.42. The van der Waals surface area contributed by atoms with Crippen LogP contribution in [-0.4, -0.2) is 25.6 Å². The minimum atomic E-state index is -0.601. The largest absolute Gasteiger partial charge is 0.497 e. The molecule has 25 heavy (non-hydrogen) atoms. The summed E-state index contributed by atoms with van der Waals surface area (Å²) in [6.45, 7) is 1.41. The van der Waals surface area contributed by atoms with E-state index in [0.717, 1.165) is 5.56 Å². The Morgan fingerprint density at radius 1 is 1.12 bits per heavy atom. The van der Waals surface area contributed by atoms with Gasteiger partial charge in [0.05, 0.1) is 28.8 Å². The first-order valence-corrected chi connectivity index (χ1v) is 8.21. The topological polar surface area (TPSA) is 64.6 Å². The lowest BCUT2D eigenvalue weighted by atomic mass is 10.1. The maximum absolute atomic E-state index is 12.0. The van der Waals surface area contributed by atoms with Crippen molar-refractivity contribution >= 4 is 35.1 Å². The smallest absolute Gasteiger partial charge is 0.338 e. The molecule has 0 fully saturated rings. The molecule has 5 nitrogen and oxygen atoms in total. The molecule has 0 aliphatic rings. The Kier molecular flexibility index (Phi) is 6.67. The SMILES string of the molecule is COc1cccc(C(=O)OCC(=O)N[C@H](C)c2ccc(Cl)c(Cl)c2)c1. The predicted octanol–water partition coefficient (Wildman–Crippen LogP) is 4.04. The van der Waals surface area contributed by atoms with Crippen LogP contribution in [0.4, 0.5) is 0 Å². The fourth-order valence-corrected chi connectivity index (χ4v) is 2.42. The minimum absolute atomic E-state index is 0.308. The molecule has 1 amide bonds. The second-order valence-corrected chi connectivity index (χ2v) is 6.09. The number of esters is 1. The standard InChI is InChI=1S/C18H17Cl2NO4/c1-11(12-6-7-15(19)16(20)9-12)21-17(22)10-25-18(23)13-4-3-5-14(8-13)24-2/h3-9,11H,10H2,1-2H3,(H,21,22)/t11-/m1/s1. The molecule has 0 saturated carbocycles. The molecule has 1 atom stereocenters. The fraction of sp³-hybridized carbons (Fsp3) is 0.222. The highest BCUT2D eigenvalue weighted by atomic mass is 35.5. The first-order chi connectivity index (χ1) is 11.9. The van der Waals surface area contributed by atoms with E-state index in [-0.39, 0.29) is 12.6 Å². The maximum Gasteiger partial charge on any atom is 0.338 e. The third-order valence-corrected chi connectivity index (χ3v) is 4.20. The number of ether oxygens (including phenoxy) is 2. The number of halogens is 2. The van der Waals surface area contributed by atoms with Crippen LogP contribution < -0.4 is 10.1 Å². The van der Waals surface area contributed by atoms with Gasteiger partial charge < -0.3 is 14.8 Å². The summed E-state index contributed by atoms with van der Waals surface area (Å²) in [6.07, 6.45) is 0. The van der Waals surface area contributed by atoms with Gasteiger partial charge in [-0.15, -0.1) is 0 Å². The van der Waals surface area contributed by atoms with Crippen LogP contribution in [0.2, 0.25) is 10.0 Å². The summed E-state index contributed by atoms with van der Waals surface area (Å²) < 4.78 is 10.1.